The van der Waals surface area contributed by atoms with E-state index in [1.54, 1.807) is 31.8 Å². The number of fused-ring (bicyclic) bond motifs is 3. The first kappa shape index (κ1) is 19.0. The summed E-state index contributed by atoms with van der Waals surface area (Å²) in [6.07, 6.45) is 1.59. The highest BCUT2D eigenvalue weighted by atomic mass is 16.5. The Hall–Kier alpha value is -4.00. The van der Waals surface area contributed by atoms with Gasteiger partial charge in [0.1, 0.15) is 17.8 Å². The van der Waals surface area contributed by atoms with Crippen molar-refractivity contribution in [2.45, 2.75) is 19.8 Å². The molecule has 0 saturated carbocycles. The topological polar surface area (TPSA) is 78.6 Å². The molecule has 0 amide bonds. The van der Waals surface area contributed by atoms with E-state index in [1.165, 1.54) is 0 Å². The first-order chi connectivity index (χ1) is 15.1. The Morgan fingerprint density at radius 2 is 1.84 bits per heavy atom. The maximum atomic E-state index is 12.7. The minimum atomic E-state index is -0.379. The van der Waals surface area contributed by atoms with Crippen LogP contribution in [0.4, 0.5) is 0 Å². The van der Waals surface area contributed by atoms with Crippen LogP contribution < -0.4 is 9.47 Å². The molecule has 7 nitrogen and oxygen atoms in total. The van der Waals surface area contributed by atoms with Gasteiger partial charge in [0.05, 0.1) is 12.7 Å². The predicted molar refractivity (Wildman–Crippen MR) is 115 cm³/mol. The van der Waals surface area contributed by atoms with Crippen LogP contribution in [0.25, 0.3) is 17.0 Å². The summed E-state index contributed by atoms with van der Waals surface area (Å²) in [4.78, 5) is 21.9. The summed E-state index contributed by atoms with van der Waals surface area (Å²) < 4.78 is 12.9. The number of rotatable bonds is 4. The van der Waals surface area contributed by atoms with Gasteiger partial charge in [-0.1, -0.05) is 42.5 Å². The van der Waals surface area contributed by atoms with Crippen LogP contribution in [-0.2, 0) is 4.79 Å². The number of benzene rings is 2. The van der Waals surface area contributed by atoms with Crippen molar-refractivity contribution in [2.24, 2.45) is 0 Å². The number of carbonyl (C=O) groups excluding carboxylic acids is 1. The van der Waals surface area contributed by atoms with Crippen LogP contribution in [0, 0.1) is 0 Å². The minimum Gasteiger partial charge on any atom is -0.497 e. The molecule has 5 rings (SSSR count). The molecule has 0 saturated heterocycles. The fourth-order valence-electron chi connectivity index (χ4n) is 4.03. The van der Waals surface area contributed by atoms with E-state index in [9.17, 15) is 4.79 Å². The van der Waals surface area contributed by atoms with Crippen LogP contribution in [0.2, 0.25) is 0 Å². The van der Waals surface area contributed by atoms with Crippen molar-refractivity contribution >= 4 is 11.4 Å². The number of ether oxygens (including phenoxy) is 2. The Balaban J connectivity index is 1.76. The largest absolute Gasteiger partial charge is 0.497 e. The van der Waals surface area contributed by atoms with Crippen LogP contribution in [0.5, 0.6) is 11.6 Å². The van der Waals surface area contributed by atoms with Crippen molar-refractivity contribution in [3.8, 4) is 23.0 Å². The molecular weight excluding hydrogens is 392 g/mol. The Morgan fingerprint density at radius 3 is 2.52 bits per heavy atom. The van der Waals surface area contributed by atoms with Gasteiger partial charge >= 0.3 is 0 Å². The highest BCUT2D eigenvalue weighted by Crippen LogP contribution is 2.44. The van der Waals surface area contributed by atoms with Gasteiger partial charge in [0.2, 0.25) is 5.88 Å². The van der Waals surface area contributed by atoms with E-state index in [0.717, 1.165) is 22.4 Å². The second-order valence-electron chi connectivity index (χ2n) is 7.37. The Bertz CT molecular complexity index is 1320. The summed E-state index contributed by atoms with van der Waals surface area (Å²) >= 11 is 0. The smallest absolute Gasteiger partial charge is 0.228 e. The Labute approximate surface area is 179 Å². The molecule has 7 heteroatoms. The lowest BCUT2D eigenvalue weighted by Crippen LogP contribution is -2.22. The van der Waals surface area contributed by atoms with Crippen LogP contribution in [-0.4, -0.2) is 32.5 Å². The van der Waals surface area contributed by atoms with Crippen LogP contribution >= 0.6 is 0 Å². The molecular formula is C24H20N4O3. The highest BCUT2D eigenvalue weighted by Gasteiger charge is 2.36. The number of hydrogen-bond donors (Lipinski definition) is 0. The third kappa shape index (κ3) is 3.15. The van der Waals surface area contributed by atoms with E-state index in [1.807, 2.05) is 54.6 Å². The van der Waals surface area contributed by atoms with E-state index in [0.29, 0.717) is 28.7 Å². The molecule has 3 heterocycles. The lowest BCUT2D eigenvalue weighted by Gasteiger charge is -2.28. The lowest BCUT2D eigenvalue weighted by molar-refractivity contribution is -0.114. The van der Waals surface area contributed by atoms with E-state index in [-0.39, 0.29) is 11.7 Å². The highest BCUT2D eigenvalue weighted by molar-refractivity contribution is 5.97. The van der Waals surface area contributed by atoms with Gasteiger partial charge in [-0.3, -0.25) is 4.79 Å². The van der Waals surface area contributed by atoms with Gasteiger partial charge in [0.15, 0.2) is 17.3 Å². The zero-order chi connectivity index (χ0) is 21.5. The molecule has 0 unspecified atom stereocenters. The van der Waals surface area contributed by atoms with Gasteiger partial charge in [0, 0.05) is 17.1 Å². The third-order valence-corrected chi connectivity index (χ3v) is 5.45. The third-order valence-electron chi connectivity index (χ3n) is 5.45. The van der Waals surface area contributed by atoms with Gasteiger partial charge in [-0.2, -0.15) is 0 Å². The molecule has 0 radical (unpaired) electrons. The zero-order valence-electron chi connectivity index (χ0n) is 17.4. The number of ketones is 1. The van der Waals surface area contributed by atoms with Gasteiger partial charge in [-0.05, 0) is 31.5 Å². The second kappa shape index (κ2) is 7.36. The van der Waals surface area contributed by atoms with Gasteiger partial charge in [0.25, 0.3) is 0 Å². The van der Waals surface area contributed by atoms with Crippen LogP contribution in [0.15, 0.2) is 72.3 Å². The summed E-state index contributed by atoms with van der Waals surface area (Å²) in [5, 5.41) is 4.60. The van der Waals surface area contributed by atoms with Crippen LogP contribution in [0.1, 0.15) is 30.9 Å². The molecule has 2 aromatic heterocycles. The number of Topliss-reactive ketones (excluding diaryl/α,β-unsaturated/α-hetero) is 1. The molecule has 31 heavy (non-hydrogen) atoms. The molecule has 1 aliphatic heterocycles. The molecule has 2 aromatic carbocycles. The van der Waals surface area contributed by atoms with Crippen LogP contribution in [0.3, 0.4) is 0 Å². The summed E-state index contributed by atoms with van der Waals surface area (Å²) in [5.74, 6) is 1.86. The van der Waals surface area contributed by atoms with Crippen molar-refractivity contribution < 1.29 is 14.3 Å². The standard InChI is InChI=1S/C24H20N4O3/c1-14(29)19-15(2)31-24-21(20(19)16-9-11-18(30-3)12-10-16)23-26-22(27-28(23)13-25-24)17-7-5-4-6-8-17/h4-13,20H,1-3H3/t20-/m0/s1. The first-order valence-corrected chi connectivity index (χ1v) is 9.91. The number of methoxy groups -OCH3 is 1. The first-order valence-electron chi connectivity index (χ1n) is 9.91. The van der Waals surface area contributed by atoms with E-state index < -0.39 is 0 Å². The minimum absolute atomic E-state index is 0.0613. The van der Waals surface area contributed by atoms with Crippen molar-refractivity contribution in [2.75, 3.05) is 7.11 Å². The predicted octanol–water partition coefficient (Wildman–Crippen LogP) is 4.19. The lowest BCUT2D eigenvalue weighted by atomic mass is 9.82. The molecule has 0 bridgehead atoms. The molecule has 0 fully saturated rings. The molecule has 1 atom stereocenters. The van der Waals surface area contributed by atoms with E-state index >= 15 is 0 Å². The molecule has 4 aromatic rings. The second-order valence-corrected chi connectivity index (χ2v) is 7.37. The number of hydrogen-bond acceptors (Lipinski definition) is 6. The summed E-state index contributed by atoms with van der Waals surface area (Å²) in [5.41, 5.74) is 3.73. The SMILES string of the molecule is COc1ccc([C@H]2C(C(C)=O)=C(C)Oc3ncn4nc(-c5ccccc5)nc4c32)cc1. The number of nitrogens with zero attached hydrogens (tertiary/aromatic N) is 4. The summed E-state index contributed by atoms with van der Waals surface area (Å²) in [7, 11) is 1.62. The average molecular weight is 412 g/mol. The molecule has 0 N–H and O–H groups in total. The van der Waals surface area contributed by atoms with Crippen molar-refractivity contribution in [1.29, 1.82) is 0 Å². The monoisotopic (exact) mass is 412 g/mol. The molecule has 0 aliphatic carbocycles. The quantitative estimate of drug-likeness (QED) is 0.500. The maximum Gasteiger partial charge on any atom is 0.228 e. The fourth-order valence-corrected chi connectivity index (χ4v) is 4.03. The zero-order valence-corrected chi connectivity index (χ0v) is 17.4. The van der Waals surface area contributed by atoms with Crippen molar-refractivity contribution in [3.05, 3.63) is 83.4 Å². The van der Waals surface area contributed by atoms with Crippen molar-refractivity contribution in [3.63, 3.8) is 0 Å². The van der Waals surface area contributed by atoms with Gasteiger partial charge in [-0.15, -0.1) is 5.10 Å². The number of carbonyl (C=O) groups is 1. The Morgan fingerprint density at radius 1 is 1.10 bits per heavy atom. The average Bonchev–Trinajstić information content (AvgIpc) is 3.23. The van der Waals surface area contributed by atoms with Gasteiger partial charge in [-0.25, -0.2) is 14.5 Å². The van der Waals surface area contributed by atoms with E-state index in [2.05, 4.69) is 10.1 Å². The number of aromatic nitrogens is 4. The Kier molecular flexibility index (Phi) is 4.51. The van der Waals surface area contributed by atoms with E-state index in [4.69, 9.17) is 14.5 Å². The molecule has 1 aliphatic rings. The number of allylic oxidation sites excluding steroid dienone is 2. The molecule has 0 spiro atoms. The fraction of sp³-hybridized carbons (Fsp3) is 0.167. The summed E-state index contributed by atoms with van der Waals surface area (Å²) in [6.45, 7) is 3.35. The normalized spacial score (nSPS) is 15.5. The maximum absolute atomic E-state index is 12.7. The summed E-state index contributed by atoms with van der Waals surface area (Å²) in [6, 6.07) is 17.4. The van der Waals surface area contributed by atoms with Crippen molar-refractivity contribution in [1.82, 2.24) is 19.6 Å². The van der Waals surface area contributed by atoms with Gasteiger partial charge < -0.3 is 9.47 Å². The molecule has 154 valence electrons.